The summed E-state index contributed by atoms with van der Waals surface area (Å²) in [5.74, 6) is -0.0614. The van der Waals surface area contributed by atoms with E-state index in [1.54, 1.807) is 6.07 Å². The maximum absolute atomic E-state index is 11.8. The molecule has 0 unspecified atom stereocenters. The van der Waals surface area contributed by atoms with Crippen LogP contribution in [0.5, 0.6) is 0 Å². The van der Waals surface area contributed by atoms with Crippen molar-refractivity contribution in [2.24, 2.45) is 0 Å². The summed E-state index contributed by atoms with van der Waals surface area (Å²) in [5, 5.41) is 0. The zero-order valence-corrected chi connectivity index (χ0v) is 11.8. The van der Waals surface area contributed by atoms with Crippen LogP contribution in [0.4, 0.5) is 11.4 Å². The number of benzene rings is 1. The predicted molar refractivity (Wildman–Crippen MR) is 74.2 cm³/mol. The molecule has 0 aliphatic heterocycles. The summed E-state index contributed by atoms with van der Waals surface area (Å²) in [6, 6.07) is 3.50. The first-order valence-electron chi connectivity index (χ1n) is 5.80. The Balaban J connectivity index is 2.81. The van der Waals surface area contributed by atoms with E-state index in [2.05, 4.69) is 4.72 Å². The average Bonchev–Trinajstić information content (AvgIpc) is 2.26. The van der Waals surface area contributed by atoms with Crippen LogP contribution in [0.25, 0.3) is 0 Å². The summed E-state index contributed by atoms with van der Waals surface area (Å²) < 4.78 is 31.1. The van der Waals surface area contributed by atoms with Gasteiger partial charge in [-0.15, -0.1) is 0 Å². The molecule has 0 radical (unpaired) electrons. The average molecular weight is 272 g/mol. The van der Waals surface area contributed by atoms with Crippen molar-refractivity contribution in [2.45, 2.75) is 20.8 Å². The third-order valence-corrected chi connectivity index (χ3v) is 3.81. The molecule has 0 bridgehead atoms. The molecule has 0 saturated heterocycles. The van der Waals surface area contributed by atoms with Gasteiger partial charge in [0.15, 0.2) is 0 Å². The minimum absolute atomic E-state index is 0.0614. The second-order valence-electron chi connectivity index (χ2n) is 4.14. The van der Waals surface area contributed by atoms with Crippen LogP contribution in [0.15, 0.2) is 12.1 Å². The first kappa shape index (κ1) is 14.8. The number of hydrogen-bond acceptors (Lipinski definition) is 4. The van der Waals surface area contributed by atoms with Crippen LogP contribution in [0.3, 0.4) is 0 Å². The number of aryl methyl sites for hydroxylation is 2. The van der Waals surface area contributed by atoms with E-state index in [0.717, 1.165) is 11.1 Å². The number of ether oxygens (including phenoxy) is 1. The molecule has 1 aromatic rings. The Kier molecular flexibility index (Phi) is 4.98. The van der Waals surface area contributed by atoms with Crippen LogP contribution in [0.1, 0.15) is 18.1 Å². The Morgan fingerprint density at radius 2 is 1.94 bits per heavy atom. The van der Waals surface area contributed by atoms with E-state index in [1.807, 2.05) is 26.8 Å². The maximum atomic E-state index is 11.8. The summed E-state index contributed by atoms with van der Waals surface area (Å²) in [6.45, 7) is 6.24. The highest BCUT2D eigenvalue weighted by Crippen LogP contribution is 2.23. The third-order valence-electron chi connectivity index (χ3n) is 2.58. The van der Waals surface area contributed by atoms with E-state index in [0.29, 0.717) is 18.0 Å². The van der Waals surface area contributed by atoms with Gasteiger partial charge in [-0.25, -0.2) is 8.42 Å². The molecule has 6 heteroatoms. The van der Waals surface area contributed by atoms with Crippen molar-refractivity contribution in [1.29, 1.82) is 0 Å². The molecular weight excluding hydrogens is 252 g/mol. The number of anilines is 2. The van der Waals surface area contributed by atoms with Gasteiger partial charge < -0.3 is 10.5 Å². The normalized spacial score (nSPS) is 11.5. The Hall–Kier alpha value is -1.27. The lowest BCUT2D eigenvalue weighted by molar-refractivity contribution is 0.163. The number of sulfonamides is 1. The van der Waals surface area contributed by atoms with Gasteiger partial charge in [0.1, 0.15) is 0 Å². The van der Waals surface area contributed by atoms with Gasteiger partial charge in [0.25, 0.3) is 0 Å². The lowest BCUT2D eigenvalue weighted by Crippen LogP contribution is -2.20. The van der Waals surface area contributed by atoms with E-state index >= 15 is 0 Å². The molecule has 0 saturated carbocycles. The Morgan fingerprint density at radius 3 is 2.56 bits per heavy atom. The van der Waals surface area contributed by atoms with Gasteiger partial charge in [-0.05, 0) is 38.0 Å². The van der Waals surface area contributed by atoms with Crippen LogP contribution in [-0.4, -0.2) is 27.4 Å². The van der Waals surface area contributed by atoms with E-state index in [-0.39, 0.29) is 12.4 Å². The van der Waals surface area contributed by atoms with Gasteiger partial charge in [-0.2, -0.15) is 0 Å². The number of hydrogen-bond donors (Lipinski definition) is 2. The van der Waals surface area contributed by atoms with Crippen molar-refractivity contribution < 1.29 is 13.2 Å². The Morgan fingerprint density at radius 1 is 1.28 bits per heavy atom. The predicted octanol–water partition coefficient (Wildman–Crippen LogP) is 1.66. The van der Waals surface area contributed by atoms with Crippen molar-refractivity contribution in [3.05, 3.63) is 23.3 Å². The standard InChI is InChI=1S/C12H20N2O3S/c1-4-17-5-6-18(15,16)14-12-8-11(13)9(2)7-10(12)3/h7-8,14H,4-6,13H2,1-3H3. The van der Waals surface area contributed by atoms with Gasteiger partial charge in [0.05, 0.1) is 18.0 Å². The molecular formula is C12H20N2O3S. The smallest absolute Gasteiger partial charge is 0.235 e. The van der Waals surface area contributed by atoms with E-state index in [4.69, 9.17) is 10.5 Å². The molecule has 0 amide bonds. The van der Waals surface area contributed by atoms with Crippen LogP contribution >= 0.6 is 0 Å². The molecule has 0 aliphatic carbocycles. The van der Waals surface area contributed by atoms with Crippen molar-refractivity contribution in [3.63, 3.8) is 0 Å². The molecule has 102 valence electrons. The molecule has 1 aromatic carbocycles. The van der Waals surface area contributed by atoms with Crippen molar-refractivity contribution in [2.75, 3.05) is 29.4 Å². The number of rotatable bonds is 6. The highest BCUT2D eigenvalue weighted by Gasteiger charge is 2.12. The second-order valence-corrected chi connectivity index (χ2v) is 5.98. The van der Waals surface area contributed by atoms with Crippen LogP contribution in [0.2, 0.25) is 0 Å². The molecule has 0 aliphatic rings. The number of nitrogens with one attached hydrogen (secondary N) is 1. The lowest BCUT2D eigenvalue weighted by atomic mass is 10.1. The topological polar surface area (TPSA) is 81.4 Å². The van der Waals surface area contributed by atoms with Crippen molar-refractivity contribution in [1.82, 2.24) is 0 Å². The maximum Gasteiger partial charge on any atom is 0.235 e. The minimum Gasteiger partial charge on any atom is -0.398 e. The number of nitrogen functional groups attached to an aromatic ring is 1. The summed E-state index contributed by atoms with van der Waals surface area (Å²) >= 11 is 0. The van der Waals surface area contributed by atoms with E-state index in [9.17, 15) is 8.42 Å². The molecule has 0 atom stereocenters. The van der Waals surface area contributed by atoms with Gasteiger partial charge >= 0.3 is 0 Å². The molecule has 0 spiro atoms. The SMILES string of the molecule is CCOCCS(=O)(=O)Nc1cc(N)c(C)cc1C. The first-order valence-corrected chi connectivity index (χ1v) is 7.46. The highest BCUT2D eigenvalue weighted by molar-refractivity contribution is 7.92. The fourth-order valence-corrected chi connectivity index (χ4v) is 2.50. The molecule has 0 aromatic heterocycles. The van der Waals surface area contributed by atoms with Crippen molar-refractivity contribution >= 4 is 21.4 Å². The fraction of sp³-hybridized carbons (Fsp3) is 0.500. The summed E-state index contributed by atoms with van der Waals surface area (Å²) in [5.41, 5.74) is 8.65. The molecule has 5 nitrogen and oxygen atoms in total. The molecule has 0 fully saturated rings. The molecule has 0 heterocycles. The Labute approximate surface area is 108 Å². The quantitative estimate of drug-likeness (QED) is 0.609. The molecule has 3 N–H and O–H groups in total. The minimum atomic E-state index is -3.39. The summed E-state index contributed by atoms with van der Waals surface area (Å²) in [7, 11) is -3.39. The highest BCUT2D eigenvalue weighted by atomic mass is 32.2. The molecule has 18 heavy (non-hydrogen) atoms. The summed E-state index contributed by atoms with van der Waals surface area (Å²) in [4.78, 5) is 0. The zero-order valence-electron chi connectivity index (χ0n) is 11.0. The zero-order chi connectivity index (χ0) is 13.8. The monoisotopic (exact) mass is 272 g/mol. The van der Waals surface area contributed by atoms with Crippen molar-refractivity contribution in [3.8, 4) is 0 Å². The second kappa shape index (κ2) is 6.06. The first-order chi connectivity index (χ1) is 8.35. The molecule has 1 rings (SSSR count). The van der Waals surface area contributed by atoms with Crippen LogP contribution in [-0.2, 0) is 14.8 Å². The van der Waals surface area contributed by atoms with Crippen LogP contribution < -0.4 is 10.5 Å². The van der Waals surface area contributed by atoms with E-state index in [1.165, 1.54) is 0 Å². The van der Waals surface area contributed by atoms with Crippen LogP contribution in [0, 0.1) is 13.8 Å². The largest absolute Gasteiger partial charge is 0.398 e. The lowest BCUT2D eigenvalue weighted by Gasteiger charge is -2.12. The van der Waals surface area contributed by atoms with Gasteiger partial charge in [0, 0.05) is 12.3 Å². The number of nitrogens with two attached hydrogens (primary N) is 1. The van der Waals surface area contributed by atoms with Gasteiger partial charge in [-0.1, -0.05) is 6.07 Å². The van der Waals surface area contributed by atoms with Gasteiger partial charge in [-0.3, -0.25) is 4.72 Å². The van der Waals surface area contributed by atoms with E-state index < -0.39 is 10.0 Å². The van der Waals surface area contributed by atoms with Gasteiger partial charge in [0.2, 0.25) is 10.0 Å². The Bertz CT molecular complexity index is 512. The summed E-state index contributed by atoms with van der Waals surface area (Å²) in [6.07, 6.45) is 0. The third kappa shape index (κ3) is 4.19. The fourth-order valence-electron chi connectivity index (χ4n) is 1.51.